The van der Waals surface area contributed by atoms with Gasteiger partial charge in [0.25, 0.3) is 5.91 Å². The number of carbonyl (C=O) groups excluding carboxylic acids is 1. The fraction of sp³-hybridized carbons (Fsp3) is 0. The predicted octanol–water partition coefficient (Wildman–Crippen LogP) is 3.57. The van der Waals surface area contributed by atoms with Crippen molar-refractivity contribution < 1.29 is 10.0 Å². The summed E-state index contributed by atoms with van der Waals surface area (Å²) in [6.45, 7) is 0. The number of nitrogens with zero attached hydrogens (tertiary/aromatic N) is 1. The van der Waals surface area contributed by atoms with Crippen molar-refractivity contribution in [1.29, 1.82) is 0 Å². The number of benzene rings is 1. The summed E-state index contributed by atoms with van der Waals surface area (Å²) in [6, 6.07) is 7.15. The minimum atomic E-state index is -0.621. The SMILES string of the molecule is O=C(/C=C/c1ccc(-c2cncc(Cl)c2)cc1Cl)NO. The first-order valence-electron chi connectivity index (χ1n) is 5.63. The maximum Gasteiger partial charge on any atom is 0.267 e. The lowest BCUT2D eigenvalue weighted by atomic mass is 10.1. The van der Waals surface area contributed by atoms with E-state index in [1.807, 2.05) is 6.07 Å². The summed E-state index contributed by atoms with van der Waals surface area (Å²) in [5, 5.41) is 9.42. The Morgan fingerprint density at radius 1 is 1.20 bits per heavy atom. The van der Waals surface area contributed by atoms with E-state index in [2.05, 4.69) is 4.98 Å². The largest absolute Gasteiger partial charge is 0.288 e. The van der Waals surface area contributed by atoms with Crippen LogP contribution in [0.2, 0.25) is 10.0 Å². The summed E-state index contributed by atoms with van der Waals surface area (Å²) in [7, 11) is 0. The lowest BCUT2D eigenvalue weighted by molar-refractivity contribution is -0.124. The molecule has 1 aromatic heterocycles. The van der Waals surface area contributed by atoms with Crippen LogP contribution < -0.4 is 5.48 Å². The molecular weight excluding hydrogens is 299 g/mol. The minimum Gasteiger partial charge on any atom is -0.288 e. The lowest BCUT2D eigenvalue weighted by Crippen LogP contribution is -2.14. The molecule has 4 nitrogen and oxygen atoms in total. The van der Waals surface area contributed by atoms with Crippen LogP contribution in [0.15, 0.2) is 42.7 Å². The number of hydrogen-bond donors (Lipinski definition) is 2. The zero-order chi connectivity index (χ0) is 14.5. The molecular formula is C14H10Cl2N2O2. The number of rotatable bonds is 3. The van der Waals surface area contributed by atoms with Gasteiger partial charge in [-0.2, -0.15) is 0 Å². The monoisotopic (exact) mass is 308 g/mol. The molecule has 0 saturated heterocycles. The first-order valence-corrected chi connectivity index (χ1v) is 6.38. The Labute approximate surface area is 125 Å². The van der Waals surface area contributed by atoms with Crippen LogP contribution in [0.3, 0.4) is 0 Å². The van der Waals surface area contributed by atoms with E-state index in [4.69, 9.17) is 28.4 Å². The van der Waals surface area contributed by atoms with Crippen LogP contribution in [0.5, 0.6) is 0 Å². The number of pyridine rings is 1. The molecule has 0 saturated carbocycles. The zero-order valence-electron chi connectivity index (χ0n) is 10.2. The molecule has 2 aromatic rings. The van der Waals surface area contributed by atoms with E-state index < -0.39 is 5.91 Å². The van der Waals surface area contributed by atoms with Gasteiger partial charge in [-0.3, -0.25) is 15.0 Å². The Hall–Kier alpha value is -1.88. The van der Waals surface area contributed by atoms with E-state index in [0.29, 0.717) is 15.6 Å². The zero-order valence-corrected chi connectivity index (χ0v) is 11.7. The molecule has 1 amide bonds. The topological polar surface area (TPSA) is 62.2 Å². The van der Waals surface area contributed by atoms with E-state index in [1.54, 1.807) is 30.6 Å². The second-order valence-corrected chi connectivity index (χ2v) is 4.78. The standard InChI is InChI=1S/C14H10Cl2N2O2/c15-12-5-11(7-17-8-12)10-2-1-9(13(16)6-10)3-4-14(19)18-20/h1-8,20H,(H,18,19)/b4-3+. The smallest absolute Gasteiger partial charge is 0.267 e. The van der Waals surface area contributed by atoms with E-state index in [0.717, 1.165) is 11.1 Å². The predicted molar refractivity (Wildman–Crippen MR) is 78.7 cm³/mol. The molecule has 0 radical (unpaired) electrons. The Balaban J connectivity index is 2.30. The van der Waals surface area contributed by atoms with Gasteiger partial charge in [0.15, 0.2) is 0 Å². The number of amides is 1. The van der Waals surface area contributed by atoms with Gasteiger partial charge in [0, 0.05) is 29.1 Å². The molecule has 0 aliphatic heterocycles. The summed E-state index contributed by atoms with van der Waals surface area (Å²) in [4.78, 5) is 14.9. The number of hydrogen-bond acceptors (Lipinski definition) is 3. The number of hydroxylamine groups is 1. The highest BCUT2D eigenvalue weighted by Crippen LogP contribution is 2.27. The summed E-state index contributed by atoms with van der Waals surface area (Å²) in [5.74, 6) is -0.621. The van der Waals surface area contributed by atoms with Crippen LogP contribution in [0, 0.1) is 0 Å². The van der Waals surface area contributed by atoms with E-state index in [1.165, 1.54) is 17.6 Å². The minimum absolute atomic E-state index is 0.476. The Morgan fingerprint density at radius 3 is 2.65 bits per heavy atom. The number of halogens is 2. The third-order valence-electron chi connectivity index (χ3n) is 2.56. The molecule has 2 N–H and O–H groups in total. The van der Waals surface area contributed by atoms with Crippen molar-refractivity contribution in [3.63, 3.8) is 0 Å². The Morgan fingerprint density at radius 2 is 2.00 bits per heavy atom. The highest BCUT2D eigenvalue weighted by molar-refractivity contribution is 6.32. The first-order chi connectivity index (χ1) is 9.60. The average molecular weight is 309 g/mol. The maximum absolute atomic E-state index is 10.9. The first kappa shape index (κ1) is 14.5. The van der Waals surface area contributed by atoms with E-state index >= 15 is 0 Å². The molecule has 0 spiro atoms. The van der Waals surface area contributed by atoms with E-state index in [9.17, 15) is 4.79 Å². The van der Waals surface area contributed by atoms with Crippen LogP contribution in [-0.2, 0) is 4.79 Å². The second-order valence-electron chi connectivity index (χ2n) is 3.94. The van der Waals surface area contributed by atoms with Crippen LogP contribution in [0.4, 0.5) is 0 Å². The molecule has 0 fully saturated rings. The Bertz CT molecular complexity index is 672. The van der Waals surface area contributed by atoms with Gasteiger partial charge >= 0.3 is 0 Å². The average Bonchev–Trinajstić information content (AvgIpc) is 2.45. The third-order valence-corrected chi connectivity index (χ3v) is 3.10. The van der Waals surface area contributed by atoms with Crippen LogP contribution in [0.1, 0.15) is 5.56 Å². The molecule has 20 heavy (non-hydrogen) atoms. The van der Waals surface area contributed by atoms with Crippen molar-refractivity contribution in [2.75, 3.05) is 0 Å². The molecule has 102 valence electrons. The van der Waals surface area contributed by atoms with Crippen molar-refractivity contribution >= 4 is 35.2 Å². The van der Waals surface area contributed by atoms with Gasteiger partial charge < -0.3 is 0 Å². The molecule has 0 aliphatic rings. The van der Waals surface area contributed by atoms with Crippen molar-refractivity contribution in [1.82, 2.24) is 10.5 Å². The number of nitrogens with one attached hydrogen (secondary N) is 1. The van der Waals surface area contributed by atoms with Gasteiger partial charge in [-0.1, -0.05) is 35.3 Å². The maximum atomic E-state index is 10.9. The highest BCUT2D eigenvalue weighted by atomic mass is 35.5. The van der Waals surface area contributed by atoms with Gasteiger partial charge in [-0.05, 0) is 29.3 Å². The van der Waals surface area contributed by atoms with E-state index in [-0.39, 0.29) is 0 Å². The fourth-order valence-corrected chi connectivity index (χ4v) is 2.03. The van der Waals surface area contributed by atoms with Crippen LogP contribution in [-0.4, -0.2) is 16.1 Å². The number of carbonyl (C=O) groups is 1. The van der Waals surface area contributed by atoms with Crippen molar-refractivity contribution in [3.05, 3.63) is 58.3 Å². The fourth-order valence-electron chi connectivity index (χ4n) is 1.61. The third kappa shape index (κ3) is 3.57. The Kier molecular flexibility index (Phi) is 4.74. The highest BCUT2D eigenvalue weighted by Gasteiger charge is 2.03. The molecule has 0 atom stereocenters. The van der Waals surface area contributed by atoms with Gasteiger partial charge in [0.2, 0.25) is 0 Å². The van der Waals surface area contributed by atoms with Gasteiger partial charge in [-0.25, -0.2) is 5.48 Å². The normalized spacial score (nSPS) is 10.8. The molecule has 6 heteroatoms. The molecule has 1 aromatic carbocycles. The second kappa shape index (κ2) is 6.52. The lowest BCUT2D eigenvalue weighted by Gasteiger charge is -2.05. The van der Waals surface area contributed by atoms with Crippen LogP contribution >= 0.6 is 23.2 Å². The van der Waals surface area contributed by atoms with Crippen LogP contribution in [0.25, 0.3) is 17.2 Å². The molecule has 0 bridgehead atoms. The van der Waals surface area contributed by atoms with Crippen molar-refractivity contribution in [3.8, 4) is 11.1 Å². The molecule has 1 heterocycles. The van der Waals surface area contributed by atoms with Crippen molar-refractivity contribution in [2.24, 2.45) is 0 Å². The summed E-state index contributed by atoms with van der Waals surface area (Å²) in [5.41, 5.74) is 3.89. The quantitative estimate of drug-likeness (QED) is 0.517. The summed E-state index contributed by atoms with van der Waals surface area (Å²) in [6.07, 6.45) is 5.93. The molecule has 0 aliphatic carbocycles. The summed E-state index contributed by atoms with van der Waals surface area (Å²) < 4.78 is 0. The number of aromatic nitrogens is 1. The van der Waals surface area contributed by atoms with Crippen molar-refractivity contribution in [2.45, 2.75) is 0 Å². The summed E-state index contributed by atoms with van der Waals surface area (Å²) >= 11 is 12.0. The molecule has 2 rings (SSSR count). The molecule has 0 unspecified atom stereocenters. The van der Waals surface area contributed by atoms with Gasteiger partial charge in [0.05, 0.1) is 5.02 Å². The van der Waals surface area contributed by atoms with Gasteiger partial charge in [0.1, 0.15) is 0 Å². The van der Waals surface area contributed by atoms with Gasteiger partial charge in [-0.15, -0.1) is 0 Å².